The summed E-state index contributed by atoms with van der Waals surface area (Å²) in [5, 5.41) is 11.0. The second-order valence-electron chi connectivity index (χ2n) is 2.88. The maximum absolute atomic E-state index is 11.6. The second-order valence-corrected chi connectivity index (χ2v) is 7.40. The number of carbonyl (C=O) groups is 1. The Hall–Kier alpha value is -0.782. The van der Waals surface area contributed by atoms with Crippen LogP contribution >= 0.6 is 11.9 Å². The summed E-state index contributed by atoms with van der Waals surface area (Å²) in [6.07, 6.45) is 0. The molecule has 6 nitrogen and oxygen atoms in total. The average molecular weight is 310 g/mol. The third kappa shape index (κ3) is 3.10. The molecule has 1 rings (SSSR count). The normalized spacial score (nSPS) is 14.2. The molecule has 2 N–H and O–H groups in total. The number of nitrogens with one attached hydrogen (secondary N) is 1. The minimum atomic E-state index is -4.53. The molecule has 0 radical (unpaired) electrons. The Bertz CT molecular complexity index is 413. The van der Waals surface area contributed by atoms with Crippen LogP contribution in [0.2, 0.25) is 0 Å². The molecule has 8 heteroatoms. The number of hydrogen-bond donors (Lipinski definition) is 2. The molecule has 1 atom stereocenters. The predicted molar refractivity (Wildman–Crippen MR) is 57.5 cm³/mol. The Morgan fingerprint density at radius 3 is 2.38 bits per heavy atom. The van der Waals surface area contributed by atoms with Gasteiger partial charge in [0.25, 0.3) is 0 Å². The first-order chi connectivity index (χ1) is 7.51. The number of benzene rings is 1. The van der Waals surface area contributed by atoms with Crippen molar-refractivity contribution in [3.05, 3.63) is 24.3 Å². The van der Waals surface area contributed by atoms with Crippen molar-refractivity contribution in [3.8, 4) is 0 Å². The molecule has 88 valence electrons. The van der Waals surface area contributed by atoms with Crippen molar-refractivity contribution >= 4 is 42.0 Å². The number of rotatable bonds is 4. The number of anilines is 1. The molecular formula is C8H9AsClNO5. The number of hydrogen-bond acceptors (Lipinski definition) is 5. The van der Waals surface area contributed by atoms with Crippen LogP contribution in [0.4, 0.5) is 5.69 Å². The van der Waals surface area contributed by atoms with Gasteiger partial charge in [0.1, 0.15) is 0 Å². The molecule has 0 bridgehead atoms. The van der Waals surface area contributed by atoms with Crippen LogP contribution in [0.25, 0.3) is 0 Å². The van der Waals surface area contributed by atoms with Crippen LogP contribution in [-0.2, 0) is 15.7 Å². The van der Waals surface area contributed by atoms with Crippen molar-refractivity contribution in [3.63, 3.8) is 0 Å². The summed E-state index contributed by atoms with van der Waals surface area (Å²) in [4.78, 5) is 10.7. The summed E-state index contributed by atoms with van der Waals surface area (Å²) in [6, 6.07) is 5.73. The number of halogens is 1. The van der Waals surface area contributed by atoms with Crippen molar-refractivity contribution in [2.45, 2.75) is 6.92 Å². The van der Waals surface area contributed by atoms with Crippen molar-refractivity contribution in [2.24, 2.45) is 0 Å². The van der Waals surface area contributed by atoms with Crippen LogP contribution in [0.1, 0.15) is 6.92 Å². The van der Waals surface area contributed by atoms with E-state index in [1.54, 1.807) is 0 Å². The molecule has 16 heavy (non-hydrogen) atoms. The summed E-state index contributed by atoms with van der Waals surface area (Å²) < 4.78 is 19.7. The molecule has 1 aromatic carbocycles. The molecule has 0 heterocycles. The van der Waals surface area contributed by atoms with E-state index in [9.17, 15) is 8.53 Å². The summed E-state index contributed by atoms with van der Waals surface area (Å²) in [7, 11) is 0. The van der Waals surface area contributed by atoms with Gasteiger partial charge in [-0.3, -0.25) is 0 Å². The minimum absolute atomic E-state index is 0.129. The molecule has 0 saturated heterocycles. The van der Waals surface area contributed by atoms with Gasteiger partial charge in [0.05, 0.1) is 0 Å². The molecule has 0 saturated carbocycles. The van der Waals surface area contributed by atoms with Gasteiger partial charge < -0.3 is 0 Å². The van der Waals surface area contributed by atoms with Gasteiger partial charge >= 0.3 is 99.4 Å². The van der Waals surface area contributed by atoms with Gasteiger partial charge in [0, 0.05) is 0 Å². The molecule has 0 aliphatic carbocycles. The molecule has 0 spiro atoms. The molecule has 1 aromatic rings. The molecule has 0 aliphatic rings. The second kappa shape index (κ2) is 5.52. The van der Waals surface area contributed by atoms with E-state index in [0.29, 0.717) is 5.69 Å². The van der Waals surface area contributed by atoms with Crippen LogP contribution in [0, 0.1) is 0 Å². The SMILES string of the molecule is CC(=O)Nc1ccc([As](=O)(OO)OCl)cc1. The molecule has 0 fully saturated rings. The Kier molecular flexibility index (Phi) is 4.58. The van der Waals surface area contributed by atoms with Gasteiger partial charge in [0.15, 0.2) is 0 Å². The first kappa shape index (κ1) is 13.3. The zero-order chi connectivity index (χ0) is 12.2. The molecule has 1 amide bonds. The van der Waals surface area contributed by atoms with Crippen LogP contribution in [0.3, 0.4) is 0 Å². The Labute approximate surface area is 99.6 Å². The Morgan fingerprint density at radius 1 is 1.44 bits per heavy atom. The van der Waals surface area contributed by atoms with Gasteiger partial charge in [-0.25, -0.2) is 0 Å². The van der Waals surface area contributed by atoms with Crippen LogP contribution in [0.15, 0.2) is 24.3 Å². The first-order valence-electron chi connectivity index (χ1n) is 4.13. The van der Waals surface area contributed by atoms with Gasteiger partial charge in [-0.1, -0.05) is 0 Å². The van der Waals surface area contributed by atoms with Gasteiger partial charge in [-0.15, -0.1) is 0 Å². The van der Waals surface area contributed by atoms with Crippen molar-refractivity contribution in [1.82, 2.24) is 0 Å². The first-order valence-corrected chi connectivity index (χ1v) is 7.68. The van der Waals surface area contributed by atoms with E-state index in [1.807, 2.05) is 0 Å². The standard InChI is InChI=1S/C8H9AsClNO5/c1-6(12)11-8-4-2-7(3-5-8)9(13,15-10)16-14/h2-5,14H,1H3,(H,11,12). The van der Waals surface area contributed by atoms with E-state index in [0.717, 1.165) is 0 Å². The third-order valence-electron chi connectivity index (χ3n) is 1.70. The third-order valence-corrected chi connectivity index (χ3v) is 5.43. The summed E-state index contributed by atoms with van der Waals surface area (Å²) in [5.41, 5.74) is 0.519. The Balaban J connectivity index is 2.94. The van der Waals surface area contributed by atoms with Crippen LogP contribution in [-0.4, -0.2) is 25.3 Å². The predicted octanol–water partition coefficient (Wildman–Crippen LogP) is 0.881. The van der Waals surface area contributed by atoms with E-state index in [2.05, 4.69) is 12.5 Å². The topological polar surface area (TPSA) is 84.9 Å². The van der Waals surface area contributed by atoms with Gasteiger partial charge in [-0.2, -0.15) is 0 Å². The van der Waals surface area contributed by atoms with Crippen LogP contribution in [0.5, 0.6) is 0 Å². The molecule has 1 unspecified atom stereocenters. The zero-order valence-corrected chi connectivity index (χ0v) is 10.8. The molecular weight excluding hydrogens is 300 g/mol. The monoisotopic (exact) mass is 309 g/mol. The van der Waals surface area contributed by atoms with E-state index in [4.69, 9.17) is 17.1 Å². The van der Waals surface area contributed by atoms with E-state index in [1.165, 1.54) is 31.2 Å². The van der Waals surface area contributed by atoms with Crippen LogP contribution < -0.4 is 9.67 Å². The maximum atomic E-state index is 11.6. The van der Waals surface area contributed by atoms with Gasteiger partial charge in [-0.05, 0) is 0 Å². The quantitative estimate of drug-likeness (QED) is 0.490. The average Bonchev–Trinajstić information content (AvgIpc) is 2.28. The van der Waals surface area contributed by atoms with E-state index >= 15 is 0 Å². The Morgan fingerprint density at radius 2 is 2.00 bits per heavy atom. The summed E-state index contributed by atoms with van der Waals surface area (Å²) in [6.45, 7) is 1.36. The fourth-order valence-electron chi connectivity index (χ4n) is 1.03. The van der Waals surface area contributed by atoms with E-state index < -0.39 is 14.2 Å². The number of carbonyl (C=O) groups excluding carboxylic acids is 1. The number of amides is 1. The van der Waals surface area contributed by atoms with E-state index in [-0.39, 0.29) is 10.3 Å². The summed E-state index contributed by atoms with van der Waals surface area (Å²) >= 11 is 0.444. The van der Waals surface area contributed by atoms with Gasteiger partial charge in [0.2, 0.25) is 0 Å². The molecule has 0 aliphatic heterocycles. The fraction of sp³-hybridized carbons (Fsp3) is 0.125. The summed E-state index contributed by atoms with van der Waals surface area (Å²) in [5.74, 6) is -0.228. The fourth-order valence-corrected chi connectivity index (χ4v) is 3.07. The molecule has 0 aromatic heterocycles. The van der Waals surface area contributed by atoms with Crippen molar-refractivity contribution in [1.29, 1.82) is 0 Å². The van der Waals surface area contributed by atoms with Crippen molar-refractivity contribution < 1.29 is 20.9 Å². The van der Waals surface area contributed by atoms with Crippen molar-refractivity contribution in [2.75, 3.05) is 5.32 Å². The zero-order valence-electron chi connectivity index (χ0n) is 8.21.